The van der Waals surface area contributed by atoms with Crippen LogP contribution in [0.4, 0.5) is 13.2 Å². The van der Waals surface area contributed by atoms with Crippen LogP contribution in [0.15, 0.2) is 24.3 Å². The monoisotopic (exact) mass is 184 g/mol. The SMILES string of the molecule is Cc1ccc(C#CC(F)(F)F)cc1. The fourth-order valence-corrected chi connectivity index (χ4v) is 0.780. The third-order valence-corrected chi connectivity index (χ3v) is 1.40. The van der Waals surface area contributed by atoms with Gasteiger partial charge in [0.2, 0.25) is 0 Å². The van der Waals surface area contributed by atoms with Gasteiger partial charge in [0.15, 0.2) is 0 Å². The third kappa shape index (κ3) is 3.66. The summed E-state index contributed by atoms with van der Waals surface area (Å²) >= 11 is 0. The summed E-state index contributed by atoms with van der Waals surface area (Å²) in [6.07, 6.45) is -4.41. The molecule has 0 unspecified atom stereocenters. The quantitative estimate of drug-likeness (QED) is 0.544. The van der Waals surface area contributed by atoms with Gasteiger partial charge in [0, 0.05) is 11.5 Å². The topological polar surface area (TPSA) is 0 Å². The van der Waals surface area contributed by atoms with Crippen LogP contribution in [0.5, 0.6) is 0 Å². The van der Waals surface area contributed by atoms with Crippen LogP contribution in [0.3, 0.4) is 0 Å². The van der Waals surface area contributed by atoms with Crippen molar-refractivity contribution >= 4 is 0 Å². The molecule has 13 heavy (non-hydrogen) atoms. The molecular formula is C10H7F3. The van der Waals surface area contributed by atoms with Crippen LogP contribution in [0.25, 0.3) is 0 Å². The molecule has 1 aromatic rings. The summed E-state index contributed by atoms with van der Waals surface area (Å²) in [6, 6.07) is 6.57. The molecule has 0 radical (unpaired) electrons. The van der Waals surface area contributed by atoms with E-state index >= 15 is 0 Å². The first-order chi connectivity index (χ1) is 5.97. The van der Waals surface area contributed by atoms with E-state index in [1.54, 1.807) is 24.3 Å². The van der Waals surface area contributed by atoms with Crippen molar-refractivity contribution in [3.05, 3.63) is 35.4 Å². The summed E-state index contributed by atoms with van der Waals surface area (Å²) in [5, 5.41) is 0. The Kier molecular flexibility index (Phi) is 2.62. The molecule has 0 spiro atoms. The van der Waals surface area contributed by atoms with Gasteiger partial charge in [-0.25, -0.2) is 0 Å². The van der Waals surface area contributed by atoms with Crippen LogP contribution in [0.2, 0.25) is 0 Å². The number of hydrogen-bond acceptors (Lipinski definition) is 0. The van der Waals surface area contributed by atoms with Gasteiger partial charge in [-0.15, -0.1) is 0 Å². The van der Waals surface area contributed by atoms with Crippen LogP contribution in [-0.2, 0) is 0 Å². The van der Waals surface area contributed by atoms with E-state index in [2.05, 4.69) is 0 Å². The predicted molar refractivity (Wildman–Crippen MR) is 44.1 cm³/mol. The van der Waals surface area contributed by atoms with E-state index < -0.39 is 6.18 Å². The fraction of sp³-hybridized carbons (Fsp3) is 0.200. The highest BCUT2D eigenvalue weighted by Crippen LogP contribution is 2.12. The van der Waals surface area contributed by atoms with E-state index in [9.17, 15) is 13.2 Å². The molecule has 68 valence electrons. The molecule has 0 nitrogen and oxygen atoms in total. The lowest BCUT2D eigenvalue weighted by Crippen LogP contribution is -2.01. The summed E-state index contributed by atoms with van der Waals surface area (Å²) < 4.78 is 34.9. The van der Waals surface area contributed by atoms with Crippen molar-refractivity contribution in [2.24, 2.45) is 0 Å². The van der Waals surface area contributed by atoms with E-state index in [4.69, 9.17) is 0 Å². The van der Waals surface area contributed by atoms with Gasteiger partial charge in [-0.1, -0.05) is 23.6 Å². The first kappa shape index (κ1) is 9.66. The minimum absolute atomic E-state index is 0.378. The zero-order valence-electron chi connectivity index (χ0n) is 6.94. The van der Waals surface area contributed by atoms with Gasteiger partial charge >= 0.3 is 6.18 Å². The van der Waals surface area contributed by atoms with Crippen molar-refractivity contribution in [3.63, 3.8) is 0 Å². The highest BCUT2D eigenvalue weighted by molar-refractivity contribution is 5.36. The Morgan fingerprint density at radius 1 is 1.08 bits per heavy atom. The molecular weight excluding hydrogens is 177 g/mol. The van der Waals surface area contributed by atoms with Gasteiger partial charge < -0.3 is 0 Å². The molecule has 1 aromatic carbocycles. The van der Waals surface area contributed by atoms with Crippen molar-refractivity contribution in [2.75, 3.05) is 0 Å². The van der Waals surface area contributed by atoms with Crippen LogP contribution in [0, 0.1) is 18.8 Å². The number of benzene rings is 1. The molecule has 0 amide bonds. The van der Waals surface area contributed by atoms with Crippen molar-refractivity contribution in [3.8, 4) is 11.8 Å². The van der Waals surface area contributed by atoms with Crippen LogP contribution >= 0.6 is 0 Å². The van der Waals surface area contributed by atoms with Gasteiger partial charge in [-0.3, -0.25) is 0 Å². The molecule has 0 aromatic heterocycles. The van der Waals surface area contributed by atoms with E-state index in [0.29, 0.717) is 5.56 Å². The maximum absolute atomic E-state index is 11.6. The smallest absolute Gasteiger partial charge is 0.159 e. The highest BCUT2D eigenvalue weighted by Gasteiger charge is 2.22. The molecule has 0 saturated carbocycles. The van der Waals surface area contributed by atoms with Crippen molar-refractivity contribution in [1.82, 2.24) is 0 Å². The zero-order chi connectivity index (χ0) is 9.90. The number of halogens is 3. The lowest BCUT2D eigenvalue weighted by Gasteiger charge is -1.93. The van der Waals surface area contributed by atoms with Gasteiger partial charge in [-0.2, -0.15) is 13.2 Å². The Balaban J connectivity index is 2.85. The first-order valence-electron chi connectivity index (χ1n) is 3.64. The zero-order valence-corrected chi connectivity index (χ0v) is 6.94. The molecule has 0 fully saturated rings. The molecule has 3 heteroatoms. The number of rotatable bonds is 0. The van der Waals surface area contributed by atoms with Crippen LogP contribution < -0.4 is 0 Å². The van der Waals surface area contributed by atoms with E-state index in [1.807, 2.05) is 12.8 Å². The Hall–Kier alpha value is -1.43. The molecule has 0 saturated heterocycles. The number of hydrogen-bond donors (Lipinski definition) is 0. The Morgan fingerprint density at radius 3 is 2.08 bits per heavy atom. The van der Waals surface area contributed by atoms with Crippen molar-refractivity contribution < 1.29 is 13.2 Å². The second-order valence-electron chi connectivity index (χ2n) is 2.61. The third-order valence-electron chi connectivity index (χ3n) is 1.40. The summed E-state index contributed by atoms with van der Waals surface area (Å²) in [4.78, 5) is 0. The van der Waals surface area contributed by atoms with Crippen molar-refractivity contribution in [1.29, 1.82) is 0 Å². The standard InChI is InChI=1S/C10H7F3/c1-8-2-4-9(5-3-8)6-7-10(11,12)13/h2-5H,1H3. The molecule has 0 bridgehead atoms. The molecule has 0 aliphatic rings. The normalized spacial score (nSPS) is 10.5. The van der Waals surface area contributed by atoms with Gasteiger partial charge in [0.1, 0.15) is 0 Å². The molecule has 0 aliphatic heterocycles. The largest absolute Gasteiger partial charge is 0.458 e. The van der Waals surface area contributed by atoms with Gasteiger partial charge in [0.25, 0.3) is 0 Å². The first-order valence-corrected chi connectivity index (χ1v) is 3.64. The van der Waals surface area contributed by atoms with Crippen LogP contribution in [-0.4, -0.2) is 6.18 Å². The molecule has 0 heterocycles. The second-order valence-corrected chi connectivity index (χ2v) is 2.61. The Bertz CT molecular complexity index is 335. The lowest BCUT2D eigenvalue weighted by molar-refractivity contribution is -0.0696. The average molecular weight is 184 g/mol. The van der Waals surface area contributed by atoms with Gasteiger partial charge in [-0.05, 0) is 19.1 Å². The fourth-order valence-electron chi connectivity index (χ4n) is 0.780. The van der Waals surface area contributed by atoms with E-state index in [0.717, 1.165) is 5.56 Å². The lowest BCUT2D eigenvalue weighted by atomic mass is 10.2. The van der Waals surface area contributed by atoms with Crippen LogP contribution in [0.1, 0.15) is 11.1 Å². The maximum Gasteiger partial charge on any atom is 0.458 e. The Morgan fingerprint density at radius 2 is 1.62 bits per heavy atom. The second kappa shape index (κ2) is 3.53. The van der Waals surface area contributed by atoms with Crippen molar-refractivity contribution in [2.45, 2.75) is 13.1 Å². The summed E-state index contributed by atoms with van der Waals surface area (Å²) in [6.45, 7) is 1.86. The average Bonchev–Trinajstić information content (AvgIpc) is 2.02. The van der Waals surface area contributed by atoms with E-state index in [1.165, 1.54) is 5.92 Å². The highest BCUT2D eigenvalue weighted by atomic mass is 19.4. The maximum atomic E-state index is 11.6. The number of alkyl halides is 3. The van der Waals surface area contributed by atoms with E-state index in [-0.39, 0.29) is 0 Å². The Labute approximate surface area is 74.4 Å². The predicted octanol–water partition coefficient (Wildman–Crippen LogP) is 2.91. The minimum Gasteiger partial charge on any atom is -0.159 e. The molecule has 0 atom stereocenters. The summed E-state index contributed by atoms with van der Waals surface area (Å²) in [5.41, 5.74) is 1.38. The molecule has 0 N–H and O–H groups in total. The summed E-state index contributed by atoms with van der Waals surface area (Å²) in [5.74, 6) is 3.24. The molecule has 0 aliphatic carbocycles. The molecule has 1 rings (SSSR count). The minimum atomic E-state index is -4.41. The van der Waals surface area contributed by atoms with Gasteiger partial charge in [0.05, 0.1) is 0 Å². The number of aryl methyl sites for hydroxylation is 1. The summed E-state index contributed by atoms with van der Waals surface area (Å²) in [7, 11) is 0.